The van der Waals surface area contributed by atoms with E-state index in [9.17, 15) is 13.2 Å². The number of hydrogen-bond acceptors (Lipinski definition) is 5. The highest BCUT2D eigenvalue weighted by molar-refractivity contribution is 7.91. The number of benzene rings is 2. The first-order valence-electron chi connectivity index (χ1n) is 10.3. The molecule has 1 saturated heterocycles. The summed E-state index contributed by atoms with van der Waals surface area (Å²) in [5.74, 6) is 0.852. The first-order chi connectivity index (χ1) is 14.7. The highest BCUT2D eigenvalue weighted by Gasteiger charge is 2.31. The number of fused-ring (bicyclic) bond motifs is 1. The van der Waals surface area contributed by atoms with Crippen LogP contribution < -0.4 is 4.74 Å². The monoisotopic (exact) mass is 441 g/mol. The van der Waals surface area contributed by atoms with Gasteiger partial charge in [-0.1, -0.05) is 30.3 Å². The normalized spacial score (nSPS) is 17.7. The number of nitrogens with zero attached hydrogens (tertiary/aromatic N) is 3. The summed E-state index contributed by atoms with van der Waals surface area (Å²) in [5, 5.41) is 6.76. The van der Waals surface area contributed by atoms with Crippen molar-refractivity contribution in [2.75, 3.05) is 25.2 Å². The largest absolute Gasteiger partial charge is 0.484 e. The second-order valence-electron chi connectivity index (χ2n) is 8.20. The molecule has 3 aromatic rings. The van der Waals surface area contributed by atoms with Gasteiger partial charge >= 0.3 is 0 Å². The lowest BCUT2D eigenvalue weighted by atomic mass is 10.1. The Kier molecular flexibility index (Phi) is 5.75. The van der Waals surface area contributed by atoms with Gasteiger partial charge in [-0.2, -0.15) is 5.10 Å². The fourth-order valence-corrected chi connectivity index (χ4v) is 5.78. The van der Waals surface area contributed by atoms with E-state index in [1.165, 1.54) is 0 Å². The van der Waals surface area contributed by atoms with Crippen molar-refractivity contribution in [3.8, 4) is 5.75 Å². The molecule has 1 fully saturated rings. The van der Waals surface area contributed by atoms with Crippen LogP contribution in [-0.4, -0.2) is 54.2 Å². The van der Waals surface area contributed by atoms with Gasteiger partial charge in [-0.15, -0.1) is 0 Å². The second-order valence-corrected chi connectivity index (χ2v) is 10.4. The van der Waals surface area contributed by atoms with E-state index in [4.69, 9.17) is 4.74 Å². The Morgan fingerprint density at radius 2 is 1.94 bits per heavy atom. The summed E-state index contributed by atoms with van der Waals surface area (Å²) in [6.45, 7) is 4.18. The molecule has 0 aliphatic carbocycles. The van der Waals surface area contributed by atoms with Gasteiger partial charge in [0.05, 0.1) is 23.2 Å². The smallest absolute Gasteiger partial charge is 0.260 e. The number of likely N-dealkylation sites (N-methyl/N-ethyl adjacent to an activating group) is 1. The molecule has 1 aliphatic heterocycles. The lowest BCUT2D eigenvalue weighted by Gasteiger charge is -2.18. The fraction of sp³-hybridized carbons (Fsp3) is 0.391. The zero-order valence-corrected chi connectivity index (χ0v) is 18.9. The van der Waals surface area contributed by atoms with E-state index >= 15 is 0 Å². The van der Waals surface area contributed by atoms with E-state index in [-0.39, 0.29) is 30.1 Å². The molecule has 0 spiro atoms. The number of rotatable bonds is 6. The molecule has 0 N–H and O–H groups in total. The molecule has 164 valence electrons. The van der Waals surface area contributed by atoms with Crippen molar-refractivity contribution >= 4 is 26.5 Å². The molecule has 2 aromatic carbocycles. The maximum Gasteiger partial charge on any atom is 0.260 e. The molecule has 7 nitrogen and oxygen atoms in total. The minimum absolute atomic E-state index is 0.0536. The molecule has 1 amide bonds. The Morgan fingerprint density at radius 1 is 1.19 bits per heavy atom. The summed E-state index contributed by atoms with van der Waals surface area (Å²) < 4.78 is 31.2. The third-order valence-electron chi connectivity index (χ3n) is 5.93. The predicted molar refractivity (Wildman–Crippen MR) is 120 cm³/mol. The first kappa shape index (κ1) is 21.4. The molecule has 31 heavy (non-hydrogen) atoms. The number of aromatic nitrogens is 2. The van der Waals surface area contributed by atoms with E-state index in [0.29, 0.717) is 18.7 Å². The number of sulfone groups is 1. The molecular weight excluding hydrogens is 414 g/mol. The van der Waals surface area contributed by atoms with Crippen LogP contribution in [0.25, 0.3) is 10.8 Å². The van der Waals surface area contributed by atoms with Gasteiger partial charge < -0.3 is 9.64 Å². The summed E-state index contributed by atoms with van der Waals surface area (Å²) in [5.41, 5.74) is 2.68. The first-order valence-corrected chi connectivity index (χ1v) is 12.2. The van der Waals surface area contributed by atoms with Crippen LogP contribution in [0.5, 0.6) is 5.75 Å². The molecule has 1 atom stereocenters. The Hall–Kier alpha value is -2.87. The molecule has 4 rings (SSSR count). The Bertz CT molecular complexity index is 1230. The molecule has 0 saturated carbocycles. The molecule has 1 aliphatic rings. The molecule has 0 radical (unpaired) electrons. The summed E-state index contributed by atoms with van der Waals surface area (Å²) in [7, 11) is -1.25. The summed E-state index contributed by atoms with van der Waals surface area (Å²) in [6.07, 6.45) is 0.581. The molecule has 1 unspecified atom stereocenters. The molecular formula is C23H27N3O4S. The van der Waals surface area contributed by atoms with Crippen molar-refractivity contribution in [3.05, 3.63) is 59.4 Å². The minimum atomic E-state index is -2.99. The number of ether oxygens (including phenoxy) is 1. The number of hydrogen-bond donors (Lipinski definition) is 0. The van der Waals surface area contributed by atoms with Gasteiger partial charge in [-0.05, 0) is 43.2 Å². The quantitative estimate of drug-likeness (QED) is 0.587. The lowest BCUT2D eigenvalue weighted by Crippen LogP contribution is -2.31. The molecule has 2 heterocycles. The van der Waals surface area contributed by atoms with E-state index in [1.807, 2.05) is 61.0 Å². The van der Waals surface area contributed by atoms with E-state index < -0.39 is 9.84 Å². The van der Waals surface area contributed by atoms with Crippen molar-refractivity contribution in [1.82, 2.24) is 14.7 Å². The maximum absolute atomic E-state index is 12.6. The highest BCUT2D eigenvalue weighted by atomic mass is 32.2. The zero-order chi connectivity index (χ0) is 22.2. The summed E-state index contributed by atoms with van der Waals surface area (Å²) in [6, 6.07) is 13.6. The van der Waals surface area contributed by atoms with E-state index in [0.717, 1.165) is 27.7 Å². The Labute approximate surface area is 182 Å². The maximum atomic E-state index is 12.6. The van der Waals surface area contributed by atoms with Crippen molar-refractivity contribution < 1.29 is 17.9 Å². The lowest BCUT2D eigenvalue weighted by molar-refractivity contribution is -0.132. The van der Waals surface area contributed by atoms with Crippen molar-refractivity contribution in [3.63, 3.8) is 0 Å². The van der Waals surface area contributed by atoms with Crippen LogP contribution in [0.3, 0.4) is 0 Å². The van der Waals surface area contributed by atoms with Crippen LogP contribution in [0.1, 0.15) is 29.4 Å². The van der Waals surface area contributed by atoms with Gasteiger partial charge in [-0.25, -0.2) is 8.42 Å². The van der Waals surface area contributed by atoms with Crippen molar-refractivity contribution in [2.45, 2.75) is 32.9 Å². The number of carbonyl (C=O) groups is 1. The van der Waals surface area contributed by atoms with Gasteiger partial charge in [0.2, 0.25) is 0 Å². The van der Waals surface area contributed by atoms with Crippen molar-refractivity contribution in [1.29, 1.82) is 0 Å². The summed E-state index contributed by atoms with van der Waals surface area (Å²) >= 11 is 0. The van der Waals surface area contributed by atoms with Crippen molar-refractivity contribution in [2.24, 2.45) is 0 Å². The SMILES string of the molecule is Cc1nn(C2CCS(=O)(=O)C2)c(C)c1CN(C)C(=O)COc1ccc2ccccc2c1. The van der Waals surface area contributed by atoms with Crippen LogP contribution in [0.2, 0.25) is 0 Å². The minimum Gasteiger partial charge on any atom is -0.484 e. The number of carbonyl (C=O) groups excluding carboxylic acids is 1. The highest BCUT2D eigenvalue weighted by Crippen LogP contribution is 2.27. The second kappa shape index (κ2) is 8.34. The van der Waals surface area contributed by atoms with E-state index in [1.54, 1.807) is 11.9 Å². The molecule has 0 bridgehead atoms. The van der Waals surface area contributed by atoms with Crippen LogP contribution in [0.4, 0.5) is 0 Å². The average molecular weight is 442 g/mol. The van der Waals surface area contributed by atoms with Crippen LogP contribution in [0, 0.1) is 13.8 Å². The van der Waals surface area contributed by atoms with Gasteiger partial charge in [0, 0.05) is 24.8 Å². The van der Waals surface area contributed by atoms with Gasteiger partial charge in [0.1, 0.15) is 5.75 Å². The third-order valence-corrected chi connectivity index (χ3v) is 7.68. The van der Waals surface area contributed by atoms with E-state index in [2.05, 4.69) is 5.10 Å². The fourth-order valence-electron chi connectivity index (χ4n) is 4.09. The van der Waals surface area contributed by atoms with Gasteiger partial charge in [0.15, 0.2) is 16.4 Å². The molecule has 8 heteroatoms. The number of aryl methyl sites for hydroxylation is 1. The van der Waals surface area contributed by atoms with Crippen LogP contribution >= 0.6 is 0 Å². The average Bonchev–Trinajstić information content (AvgIpc) is 3.25. The van der Waals surface area contributed by atoms with Crippen LogP contribution in [-0.2, 0) is 21.2 Å². The number of amides is 1. The standard InChI is InChI=1S/C23H27N3O4S/c1-16-22(17(2)26(24-16)20-10-11-31(28,29)15-20)13-25(3)23(27)14-30-21-9-8-18-6-4-5-7-19(18)12-21/h4-9,12,20H,10-11,13-15H2,1-3H3. The molecule has 1 aromatic heterocycles. The summed E-state index contributed by atoms with van der Waals surface area (Å²) in [4.78, 5) is 14.3. The third kappa shape index (κ3) is 4.58. The van der Waals surface area contributed by atoms with Gasteiger partial charge in [-0.3, -0.25) is 9.48 Å². The Morgan fingerprint density at radius 3 is 2.65 bits per heavy atom. The Balaban J connectivity index is 1.40. The van der Waals surface area contributed by atoms with Gasteiger partial charge in [0.25, 0.3) is 5.91 Å². The zero-order valence-electron chi connectivity index (χ0n) is 18.0. The van der Waals surface area contributed by atoms with Crippen LogP contribution in [0.15, 0.2) is 42.5 Å². The topological polar surface area (TPSA) is 81.5 Å². The predicted octanol–water partition coefficient (Wildman–Crippen LogP) is 3.05.